The average Bonchev–Trinajstić information content (AvgIpc) is 3.24. The van der Waals surface area contributed by atoms with E-state index >= 15 is 0 Å². The third-order valence-corrected chi connectivity index (χ3v) is 6.28. The van der Waals surface area contributed by atoms with Crippen LogP contribution < -0.4 is 9.64 Å². The van der Waals surface area contributed by atoms with E-state index in [9.17, 15) is 4.79 Å². The van der Waals surface area contributed by atoms with Crippen LogP contribution in [-0.2, 0) is 0 Å². The molecule has 6 heteroatoms. The van der Waals surface area contributed by atoms with Gasteiger partial charge in [-0.05, 0) is 42.5 Å². The van der Waals surface area contributed by atoms with Crippen LogP contribution in [0, 0.1) is 0 Å². The van der Waals surface area contributed by atoms with Gasteiger partial charge < -0.3 is 14.5 Å². The van der Waals surface area contributed by atoms with Crippen LogP contribution in [0.4, 0.5) is 5.13 Å². The van der Waals surface area contributed by atoms with Gasteiger partial charge in [0.05, 0.1) is 10.2 Å². The fourth-order valence-corrected chi connectivity index (χ4v) is 4.61. The van der Waals surface area contributed by atoms with Gasteiger partial charge in [0, 0.05) is 31.7 Å². The average molecular weight is 416 g/mol. The number of para-hydroxylation sites is 2. The number of thiazole rings is 1. The molecule has 2 heterocycles. The molecule has 1 fully saturated rings. The normalized spacial score (nSPS) is 14.1. The first kappa shape index (κ1) is 18.6. The number of piperazine rings is 1. The molecule has 1 saturated heterocycles. The summed E-state index contributed by atoms with van der Waals surface area (Å²) in [5, 5.41) is 1.03. The molecule has 1 amide bonds. The van der Waals surface area contributed by atoms with E-state index in [0.717, 1.165) is 29.5 Å². The van der Waals surface area contributed by atoms with Crippen LogP contribution in [0.15, 0.2) is 78.9 Å². The monoisotopic (exact) mass is 415 g/mol. The van der Waals surface area contributed by atoms with Gasteiger partial charge >= 0.3 is 0 Å². The number of carbonyl (C=O) groups excluding carboxylic acids is 1. The molecule has 150 valence electrons. The molecule has 1 aliphatic rings. The number of hydrogen-bond donors (Lipinski definition) is 0. The number of aromatic nitrogens is 1. The molecule has 0 spiro atoms. The summed E-state index contributed by atoms with van der Waals surface area (Å²) in [6.45, 7) is 2.93. The molecule has 0 aliphatic carbocycles. The molecule has 5 rings (SSSR count). The minimum Gasteiger partial charge on any atom is -0.457 e. The first-order chi connectivity index (χ1) is 14.8. The highest BCUT2D eigenvalue weighted by molar-refractivity contribution is 7.22. The van der Waals surface area contributed by atoms with E-state index in [1.807, 2.05) is 77.7 Å². The summed E-state index contributed by atoms with van der Waals surface area (Å²) in [7, 11) is 0. The largest absolute Gasteiger partial charge is 0.457 e. The number of amides is 1. The summed E-state index contributed by atoms with van der Waals surface area (Å²) in [6.07, 6.45) is 0. The maximum Gasteiger partial charge on any atom is 0.254 e. The number of nitrogens with zero attached hydrogens (tertiary/aromatic N) is 3. The van der Waals surface area contributed by atoms with E-state index < -0.39 is 0 Å². The Morgan fingerprint density at radius 2 is 1.57 bits per heavy atom. The Hall–Kier alpha value is -3.38. The standard InChI is InChI=1S/C24H21N3O2S/c28-23(18-7-6-10-20(17-18)29-19-8-2-1-3-9-19)26-13-15-27(16-14-26)24-25-21-11-4-5-12-22(21)30-24/h1-12,17H,13-16H2. The second kappa shape index (κ2) is 8.16. The van der Waals surface area contributed by atoms with Crippen molar-refractivity contribution in [2.45, 2.75) is 0 Å². The van der Waals surface area contributed by atoms with Gasteiger partial charge in [0.2, 0.25) is 0 Å². The molecule has 1 aliphatic heterocycles. The van der Waals surface area contributed by atoms with Crippen molar-refractivity contribution in [1.82, 2.24) is 9.88 Å². The van der Waals surface area contributed by atoms with Crippen LogP contribution in [0.2, 0.25) is 0 Å². The zero-order valence-corrected chi connectivity index (χ0v) is 17.2. The van der Waals surface area contributed by atoms with Crippen molar-refractivity contribution in [3.63, 3.8) is 0 Å². The number of hydrogen-bond acceptors (Lipinski definition) is 5. The third kappa shape index (κ3) is 3.86. The molecule has 0 N–H and O–H groups in total. The smallest absolute Gasteiger partial charge is 0.254 e. The van der Waals surface area contributed by atoms with Gasteiger partial charge in [-0.3, -0.25) is 4.79 Å². The van der Waals surface area contributed by atoms with Gasteiger partial charge in [-0.15, -0.1) is 0 Å². The molecular formula is C24H21N3O2S. The van der Waals surface area contributed by atoms with Crippen LogP contribution in [0.1, 0.15) is 10.4 Å². The fourth-order valence-electron chi connectivity index (χ4n) is 3.60. The molecule has 0 unspecified atom stereocenters. The van der Waals surface area contributed by atoms with E-state index in [4.69, 9.17) is 9.72 Å². The van der Waals surface area contributed by atoms with Gasteiger partial charge in [-0.2, -0.15) is 0 Å². The van der Waals surface area contributed by atoms with Crippen molar-refractivity contribution >= 4 is 32.6 Å². The highest BCUT2D eigenvalue weighted by Crippen LogP contribution is 2.29. The van der Waals surface area contributed by atoms with Crippen LogP contribution in [-0.4, -0.2) is 42.0 Å². The summed E-state index contributed by atoms with van der Waals surface area (Å²) >= 11 is 1.71. The lowest BCUT2D eigenvalue weighted by Crippen LogP contribution is -2.48. The Labute approximate surface area is 179 Å². The summed E-state index contributed by atoms with van der Waals surface area (Å²) in [5.74, 6) is 1.46. The first-order valence-electron chi connectivity index (χ1n) is 9.99. The predicted molar refractivity (Wildman–Crippen MR) is 121 cm³/mol. The highest BCUT2D eigenvalue weighted by Gasteiger charge is 2.24. The van der Waals surface area contributed by atoms with Crippen molar-refractivity contribution in [3.8, 4) is 11.5 Å². The number of ether oxygens (including phenoxy) is 1. The van der Waals surface area contributed by atoms with Crippen molar-refractivity contribution in [1.29, 1.82) is 0 Å². The Morgan fingerprint density at radius 3 is 2.37 bits per heavy atom. The number of rotatable bonds is 4. The third-order valence-electron chi connectivity index (χ3n) is 5.18. The van der Waals surface area contributed by atoms with Gasteiger partial charge in [0.1, 0.15) is 11.5 Å². The SMILES string of the molecule is O=C(c1cccc(Oc2ccccc2)c1)N1CCN(c2nc3ccccc3s2)CC1. The number of carbonyl (C=O) groups is 1. The summed E-state index contributed by atoms with van der Waals surface area (Å²) in [6, 6.07) is 25.2. The first-order valence-corrected chi connectivity index (χ1v) is 10.8. The van der Waals surface area contributed by atoms with Crippen molar-refractivity contribution in [3.05, 3.63) is 84.4 Å². The van der Waals surface area contributed by atoms with Gasteiger partial charge in [-0.1, -0.05) is 47.7 Å². The zero-order valence-electron chi connectivity index (χ0n) is 16.4. The highest BCUT2D eigenvalue weighted by atomic mass is 32.1. The number of benzene rings is 3. The van der Waals surface area contributed by atoms with Crippen molar-refractivity contribution in [2.75, 3.05) is 31.1 Å². The van der Waals surface area contributed by atoms with Crippen molar-refractivity contribution < 1.29 is 9.53 Å². The topological polar surface area (TPSA) is 45.7 Å². The molecule has 4 aromatic rings. The minimum absolute atomic E-state index is 0.0393. The Kier molecular flexibility index (Phi) is 5.07. The second-order valence-electron chi connectivity index (χ2n) is 7.19. The molecule has 3 aromatic carbocycles. The van der Waals surface area contributed by atoms with Crippen LogP contribution in [0.25, 0.3) is 10.2 Å². The lowest BCUT2D eigenvalue weighted by molar-refractivity contribution is 0.0746. The maximum atomic E-state index is 13.0. The number of fused-ring (bicyclic) bond motifs is 1. The lowest BCUT2D eigenvalue weighted by atomic mass is 10.1. The van der Waals surface area contributed by atoms with E-state index in [-0.39, 0.29) is 5.91 Å². The van der Waals surface area contributed by atoms with E-state index in [0.29, 0.717) is 24.4 Å². The van der Waals surface area contributed by atoms with Crippen LogP contribution >= 0.6 is 11.3 Å². The van der Waals surface area contributed by atoms with E-state index in [1.165, 1.54) is 4.70 Å². The number of anilines is 1. The summed E-state index contributed by atoms with van der Waals surface area (Å²) in [4.78, 5) is 21.9. The fraction of sp³-hybridized carbons (Fsp3) is 0.167. The molecule has 0 saturated carbocycles. The summed E-state index contributed by atoms with van der Waals surface area (Å²) < 4.78 is 7.07. The maximum absolute atomic E-state index is 13.0. The van der Waals surface area contributed by atoms with E-state index in [2.05, 4.69) is 11.0 Å². The predicted octanol–water partition coefficient (Wildman–Crippen LogP) is 5.05. The quantitative estimate of drug-likeness (QED) is 0.468. The van der Waals surface area contributed by atoms with Gasteiger partial charge in [0.25, 0.3) is 5.91 Å². The Bertz CT molecular complexity index is 1130. The molecule has 30 heavy (non-hydrogen) atoms. The van der Waals surface area contributed by atoms with Gasteiger partial charge in [0.15, 0.2) is 5.13 Å². The molecule has 0 radical (unpaired) electrons. The van der Waals surface area contributed by atoms with Crippen molar-refractivity contribution in [2.24, 2.45) is 0 Å². The Balaban J connectivity index is 1.25. The summed E-state index contributed by atoms with van der Waals surface area (Å²) in [5.41, 5.74) is 1.68. The molecule has 0 bridgehead atoms. The van der Waals surface area contributed by atoms with Gasteiger partial charge in [-0.25, -0.2) is 4.98 Å². The van der Waals surface area contributed by atoms with E-state index in [1.54, 1.807) is 11.3 Å². The lowest BCUT2D eigenvalue weighted by Gasteiger charge is -2.34. The Morgan fingerprint density at radius 1 is 0.833 bits per heavy atom. The van der Waals surface area contributed by atoms with Crippen LogP contribution in [0.5, 0.6) is 11.5 Å². The minimum atomic E-state index is 0.0393. The second-order valence-corrected chi connectivity index (χ2v) is 8.20. The molecule has 5 nitrogen and oxygen atoms in total. The molecule has 0 atom stereocenters. The zero-order chi connectivity index (χ0) is 20.3. The molecule has 1 aromatic heterocycles. The molecular weight excluding hydrogens is 394 g/mol. The van der Waals surface area contributed by atoms with Crippen LogP contribution in [0.3, 0.4) is 0 Å².